The first kappa shape index (κ1) is 9.87. The summed E-state index contributed by atoms with van der Waals surface area (Å²) in [5.41, 5.74) is 0. The maximum atomic E-state index is 11.4. The molecule has 0 aromatic carbocycles. The highest BCUT2D eigenvalue weighted by atomic mass is 35.5. The van der Waals surface area contributed by atoms with Crippen molar-refractivity contribution in [2.45, 2.75) is 17.7 Å². The van der Waals surface area contributed by atoms with Gasteiger partial charge in [-0.15, -0.1) is 0 Å². The minimum Gasteiger partial charge on any atom is -0.203 e. The zero-order chi connectivity index (χ0) is 8.58. The van der Waals surface area contributed by atoms with Crippen LogP contribution in [0, 0.1) is 0 Å². The number of hydrogen-bond donors (Lipinski definition) is 0. The highest BCUT2D eigenvalue weighted by Gasteiger charge is 2.62. The van der Waals surface area contributed by atoms with E-state index in [9.17, 15) is 26.3 Å². The van der Waals surface area contributed by atoms with Crippen molar-refractivity contribution in [2.75, 3.05) is 0 Å². The fourth-order valence-electron chi connectivity index (χ4n) is 0.124. The Bertz CT molecular complexity index is 115. The number of hydrogen-bond acceptors (Lipinski definition) is 0. The van der Waals surface area contributed by atoms with Crippen LogP contribution in [-0.2, 0) is 0 Å². The molecule has 0 aliphatic heterocycles. The standard InChI is InChI=1S/C3HClF6/c4-3(9,10)2(7,8)1(5)6/h1H. The molecular formula is C3HClF6. The molecule has 10 heavy (non-hydrogen) atoms. The molecule has 0 heterocycles. The van der Waals surface area contributed by atoms with Gasteiger partial charge in [-0.05, 0) is 11.6 Å². The molecule has 7 heteroatoms. The predicted molar refractivity (Wildman–Crippen MR) is 21.8 cm³/mol. The van der Waals surface area contributed by atoms with Crippen LogP contribution in [-0.4, -0.2) is 17.7 Å². The minimum atomic E-state index is -5.46. The Labute approximate surface area is 56.8 Å². The molecule has 0 nitrogen and oxygen atoms in total. The smallest absolute Gasteiger partial charge is 0.203 e. The molecular weight excluding hydrogens is 185 g/mol. The third kappa shape index (κ3) is 1.68. The second-order valence-corrected chi connectivity index (χ2v) is 1.90. The first-order chi connectivity index (χ1) is 4.19. The molecule has 0 N–H and O–H groups in total. The maximum Gasteiger partial charge on any atom is 0.390 e. The molecule has 0 amide bonds. The second-order valence-electron chi connectivity index (χ2n) is 1.42. The Balaban J connectivity index is 4.40. The van der Waals surface area contributed by atoms with Crippen LogP contribution in [0.2, 0.25) is 0 Å². The van der Waals surface area contributed by atoms with Crippen molar-refractivity contribution in [2.24, 2.45) is 0 Å². The highest BCUT2D eigenvalue weighted by molar-refractivity contribution is 6.22. The van der Waals surface area contributed by atoms with Gasteiger partial charge < -0.3 is 0 Å². The van der Waals surface area contributed by atoms with E-state index >= 15 is 0 Å². The van der Waals surface area contributed by atoms with Crippen LogP contribution in [0.15, 0.2) is 0 Å². The van der Waals surface area contributed by atoms with E-state index in [1.807, 2.05) is 0 Å². The fraction of sp³-hybridized carbons (Fsp3) is 1.00. The molecule has 0 spiro atoms. The summed E-state index contributed by atoms with van der Waals surface area (Å²) in [6.45, 7) is 0. The molecule has 0 atom stereocenters. The molecule has 0 aromatic heterocycles. The van der Waals surface area contributed by atoms with Crippen molar-refractivity contribution in [1.82, 2.24) is 0 Å². The van der Waals surface area contributed by atoms with Crippen LogP contribution in [0.25, 0.3) is 0 Å². The zero-order valence-corrected chi connectivity index (χ0v) is 4.98. The summed E-state index contributed by atoms with van der Waals surface area (Å²) in [4.78, 5) is 0. The van der Waals surface area contributed by atoms with E-state index in [0.29, 0.717) is 0 Å². The van der Waals surface area contributed by atoms with Gasteiger partial charge in [-0.25, -0.2) is 8.78 Å². The highest BCUT2D eigenvalue weighted by Crippen LogP contribution is 2.41. The van der Waals surface area contributed by atoms with Gasteiger partial charge in [-0.2, -0.15) is 17.6 Å². The molecule has 0 aliphatic carbocycles. The normalized spacial score (nSPS) is 14.4. The number of rotatable bonds is 2. The topological polar surface area (TPSA) is 0 Å². The summed E-state index contributed by atoms with van der Waals surface area (Å²) in [6, 6.07) is 0. The maximum absolute atomic E-state index is 11.4. The average molecular weight is 186 g/mol. The Morgan fingerprint density at radius 2 is 1.30 bits per heavy atom. The fourth-order valence-corrected chi connectivity index (χ4v) is 0.206. The minimum absolute atomic E-state index is 3.66. The zero-order valence-electron chi connectivity index (χ0n) is 4.22. The van der Waals surface area contributed by atoms with Crippen LogP contribution in [0.4, 0.5) is 26.3 Å². The molecule has 0 unspecified atom stereocenters. The summed E-state index contributed by atoms with van der Waals surface area (Å²) >= 11 is 3.66. The lowest BCUT2D eigenvalue weighted by Crippen LogP contribution is -2.42. The molecule has 0 radical (unpaired) electrons. The average Bonchev–Trinajstić information content (AvgIpc) is 1.62. The van der Waals surface area contributed by atoms with Gasteiger partial charge in [0.1, 0.15) is 0 Å². The van der Waals surface area contributed by atoms with Crippen LogP contribution in [0.3, 0.4) is 0 Å². The summed E-state index contributed by atoms with van der Waals surface area (Å²) in [5, 5.41) is -5.19. The van der Waals surface area contributed by atoms with Crippen molar-refractivity contribution >= 4 is 11.6 Å². The van der Waals surface area contributed by atoms with E-state index in [1.165, 1.54) is 0 Å². The Hall–Kier alpha value is -0.130. The SMILES string of the molecule is FC(F)C(F)(F)C(F)(F)Cl. The van der Waals surface area contributed by atoms with Crippen LogP contribution >= 0.6 is 11.6 Å². The lowest BCUT2D eigenvalue weighted by atomic mass is 10.4. The van der Waals surface area contributed by atoms with Crippen LogP contribution in [0.5, 0.6) is 0 Å². The van der Waals surface area contributed by atoms with Crippen molar-refractivity contribution in [1.29, 1.82) is 0 Å². The number of alkyl halides is 7. The van der Waals surface area contributed by atoms with E-state index < -0.39 is 17.7 Å². The van der Waals surface area contributed by atoms with E-state index in [1.54, 1.807) is 0 Å². The Morgan fingerprint density at radius 1 is 1.00 bits per heavy atom. The van der Waals surface area contributed by atoms with Crippen molar-refractivity contribution < 1.29 is 26.3 Å². The number of halogens is 7. The van der Waals surface area contributed by atoms with Gasteiger partial charge in [0, 0.05) is 0 Å². The molecule has 0 rings (SSSR count). The molecule has 0 bridgehead atoms. The van der Waals surface area contributed by atoms with Gasteiger partial charge in [0.2, 0.25) is 0 Å². The van der Waals surface area contributed by atoms with Gasteiger partial charge >= 0.3 is 17.7 Å². The van der Waals surface area contributed by atoms with Crippen LogP contribution in [0.1, 0.15) is 0 Å². The van der Waals surface area contributed by atoms with E-state index in [2.05, 4.69) is 11.6 Å². The molecule has 0 saturated carbocycles. The van der Waals surface area contributed by atoms with E-state index in [-0.39, 0.29) is 0 Å². The molecule has 0 aliphatic rings. The lowest BCUT2D eigenvalue weighted by molar-refractivity contribution is -0.225. The summed E-state index contributed by atoms with van der Waals surface area (Å²) in [7, 11) is 0. The summed E-state index contributed by atoms with van der Waals surface area (Å²) in [6.07, 6.45) is -4.46. The molecule has 0 aromatic rings. The van der Waals surface area contributed by atoms with Gasteiger partial charge in [-0.1, -0.05) is 0 Å². The predicted octanol–water partition coefficient (Wildman–Crippen LogP) is 2.72. The first-order valence-electron chi connectivity index (χ1n) is 1.92. The van der Waals surface area contributed by atoms with Gasteiger partial charge in [0.15, 0.2) is 0 Å². The Kier molecular flexibility index (Phi) is 2.45. The second kappa shape index (κ2) is 2.48. The van der Waals surface area contributed by atoms with Gasteiger partial charge in [0.25, 0.3) is 0 Å². The third-order valence-electron chi connectivity index (χ3n) is 0.652. The third-order valence-corrected chi connectivity index (χ3v) is 0.904. The first-order valence-corrected chi connectivity index (χ1v) is 2.30. The van der Waals surface area contributed by atoms with Crippen molar-refractivity contribution in [3.05, 3.63) is 0 Å². The quantitative estimate of drug-likeness (QED) is 0.459. The van der Waals surface area contributed by atoms with Gasteiger partial charge in [-0.3, -0.25) is 0 Å². The summed E-state index contributed by atoms with van der Waals surface area (Å²) < 4.78 is 67.4. The Morgan fingerprint density at radius 3 is 1.30 bits per heavy atom. The lowest BCUT2D eigenvalue weighted by Gasteiger charge is -2.19. The molecule has 62 valence electrons. The molecule has 0 fully saturated rings. The van der Waals surface area contributed by atoms with Crippen molar-refractivity contribution in [3.8, 4) is 0 Å². The van der Waals surface area contributed by atoms with Crippen LogP contribution < -0.4 is 0 Å². The summed E-state index contributed by atoms with van der Waals surface area (Å²) in [5.74, 6) is -5.46. The van der Waals surface area contributed by atoms with E-state index in [0.717, 1.165) is 0 Å². The van der Waals surface area contributed by atoms with Gasteiger partial charge in [0.05, 0.1) is 0 Å². The van der Waals surface area contributed by atoms with Crippen molar-refractivity contribution in [3.63, 3.8) is 0 Å². The van der Waals surface area contributed by atoms with E-state index in [4.69, 9.17) is 0 Å². The monoisotopic (exact) mass is 186 g/mol. The molecule has 0 saturated heterocycles. The largest absolute Gasteiger partial charge is 0.390 e.